The van der Waals surface area contributed by atoms with Crippen LogP contribution in [0.25, 0.3) is 43.1 Å². The van der Waals surface area contributed by atoms with Crippen molar-refractivity contribution in [1.29, 1.82) is 0 Å². The fourth-order valence-corrected chi connectivity index (χ4v) is 4.86. The molecule has 0 saturated heterocycles. The van der Waals surface area contributed by atoms with E-state index in [0.717, 1.165) is 0 Å². The van der Waals surface area contributed by atoms with E-state index in [0.29, 0.717) is 0 Å². The van der Waals surface area contributed by atoms with E-state index < -0.39 is 0 Å². The SMILES string of the molecule is c1cc2c3c(cccc3c1)CC2.c1cc2ccc3cccc4ccc(c1)c2c34. The summed E-state index contributed by atoms with van der Waals surface area (Å²) < 4.78 is 0. The van der Waals surface area contributed by atoms with Gasteiger partial charge in [0.25, 0.3) is 0 Å². The standard InChI is InChI=1S/C16H10.C12H10/c1-3-11-7-9-13-5-2-6-14-10-8-12(4-1)15(11)16(13)14;1-3-9-4-2-6-11-8-7-10(5-1)12(9)11/h1-10H;1-6H,7-8H2. The molecule has 0 bridgehead atoms. The van der Waals surface area contributed by atoms with Crippen LogP contribution in [-0.2, 0) is 12.8 Å². The van der Waals surface area contributed by atoms with Crippen LogP contribution in [0, 0.1) is 0 Å². The van der Waals surface area contributed by atoms with Crippen LogP contribution >= 0.6 is 0 Å². The maximum atomic E-state index is 2.25. The predicted molar refractivity (Wildman–Crippen MR) is 122 cm³/mol. The van der Waals surface area contributed by atoms with Gasteiger partial charge in [-0.25, -0.2) is 0 Å². The molecule has 0 nitrogen and oxygen atoms in total. The van der Waals surface area contributed by atoms with E-state index in [9.17, 15) is 0 Å². The second-order valence-corrected chi connectivity index (χ2v) is 7.72. The molecule has 0 spiro atoms. The van der Waals surface area contributed by atoms with Crippen LogP contribution < -0.4 is 0 Å². The van der Waals surface area contributed by atoms with Gasteiger partial charge in [-0.05, 0) is 67.1 Å². The minimum atomic E-state index is 1.23. The molecule has 28 heavy (non-hydrogen) atoms. The highest BCUT2D eigenvalue weighted by molar-refractivity contribution is 6.22. The van der Waals surface area contributed by atoms with Gasteiger partial charge in [-0.15, -0.1) is 0 Å². The number of benzene rings is 6. The van der Waals surface area contributed by atoms with E-state index in [2.05, 4.69) is 97.1 Å². The minimum absolute atomic E-state index is 1.23. The van der Waals surface area contributed by atoms with Gasteiger partial charge in [0, 0.05) is 0 Å². The average Bonchev–Trinajstić information content (AvgIpc) is 3.18. The number of rotatable bonds is 0. The molecule has 0 unspecified atom stereocenters. The number of hydrogen-bond donors (Lipinski definition) is 0. The van der Waals surface area contributed by atoms with Crippen LogP contribution in [0.1, 0.15) is 11.1 Å². The molecular formula is C28H20. The molecular weight excluding hydrogens is 336 g/mol. The first-order chi connectivity index (χ1) is 13.9. The molecule has 1 aliphatic rings. The minimum Gasteiger partial charge on any atom is -0.0614 e. The molecule has 6 aromatic rings. The van der Waals surface area contributed by atoms with E-state index in [1.165, 1.54) is 67.1 Å². The Kier molecular flexibility index (Phi) is 3.39. The normalized spacial score (nSPS) is 12.7. The van der Waals surface area contributed by atoms with E-state index >= 15 is 0 Å². The highest BCUT2D eigenvalue weighted by atomic mass is 14.2. The summed E-state index contributed by atoms with van der Waals surface area (Å²) in [5, 5.41) is 11.1. The zero-order valence-electron chi connectivity index (χ0n) is 15.7. The molecule has 0 amide bonds. The molecule has 0 radical (unpaired) electrons. The smallest absolute Gasteiger partial charge is 0.00268 e. The summed E-state index contributed by atoms with van der Waals surface area (Å²) in [4.78, 5) is 0. The molecule has 6 aromatic carbocycles. The first-order valence-electron chi connectivity index (χ1n) is 10.0. The van der Waals surface area contributed by atoms with Crippen LogP contribution in [0.3, 0.4) is 0 Å². The maximum absolute atomic E-state index is 2.25. The summed E-state index contributed by atoms with van der Waals surface area (Å²) in [6.07, 6.45) is 2.47. The molecule has 0 heterocycles. The van der Waals surface area contributed by atoms with Crippen LogP contribution in [0.15, 0.2) is 97.1 Å². The lowest BCUT2D eigenvalue weighted by Gasteiger charge is -2.09. The van der Waals surface area contributed by atoms with Gasteiger partial charge in [0.05, 0.1) is 0 Å². The summed E-state index contributed by atoms with van der Waals surface area (Å²) in [5.74, 6) is 0. The summed E-state index contributed by atoms with van der Waals surface area (Å²) in [5.41, 5.74) is 3.06. The van der Waals surface area contributed by atoms with E-state index in [4.69, 9.17) is 0 Å². The Bertz CT molecular complexity index is 1290. The fourth-order valence-electron chi connectivity index (χ4n) is 4.86. The molecule has 0 fully saturated rings. The molecule has 1 aliphatic carbocycles. The Hall–Kier alpha value is -3.38. The lowest BCUT2D eigenvalue weighted by Crippen LogP contribution is -1.82. The van der Waals surface area contributed by atoms with Crippen molar-refractivity contribution < 1.29 is 0 Å². The lowest BCUT2D eigenvalue weighted by molar-refractivity contribution is 1.02. The van der Waals surface area contributed by atoms with Crippen molar-refractivity contribution in [2.75, 3.05) is 0 Å². The van der Waals surface area contributed by atoms with Gasteiger partial charge in [0.15, 0.2) is 0 Å². The quantitative estimate of drug-likeness (QED) is 0.247. The first kappa shape index (κ1) is 15.7. The highest BCUT2D eigenvalue weighted by Gasteiger charge is 2.12. The van der Waals surface area contributed by atoms with Crippen LogP contribution in [0.2, 0.25) is 0 Å². The van der Waals surface area contributed by atoms with Crippen molar-refractivity contribution in [3.8, 4) is 0 Å². The van der Waals surface area contributed by atoms with Gasteiger partial charge in [-0.2, -0.15) is 0 Å². The number of hydrogen-bond acceptors (Lipinski definition) is 0. The summed E-state index contributed by atoms with van der Waals surface area (Å²) in [7, 11) is 0. The Morgan fingerprint density at radius 3 is 1.04 bits per heavy atom. The monoisotopic (exact) mass is 356 g/mol. The van der Waals surface area contributed by atoms with Gasteiger partial charge in [0.1, 0.15) is 0 Å². The van der Waals surface area contributed by atoms with Crippen molar-refractivity contribution in [3.05, 3.63) is 108 Å². The Morgan fingerprint density at radius 2 is 0.643 bits per heavy atom. The van der Waals surface area contributed by atoms with E-state index in [1.54, 1.807) is 0 Å². The van der Waals surface area contributed by atoms with E-state index in [-0.39, 0.29) is 0 Å². The third kappa shape index (κ3) is 2.31. The van der Waals surface area contributed by atoms with Crippen LogP contribution in [0.4, 0.5) is 0 Å². The predicted octanol–water partition coefficient (Wildman–Crippen LogP) is 7.52. The second-order valence-electron chi connectivity index (χ2n) is 7.72. The topological polar surface area (TPSA) is 0 Å². The molecule has 0 saturated carbocycles. The Balaban J connectivity index is 0.000000116. The van der Waals surface area contributed by atoms with Gasteiger partial charge >= 0.3 is 0 Å². The Labute approximate surface area is 164 Å². The van der Waals surface area contributed by atoms with Gasteiger partial charge in [0.2, 0.25) is 0 Å². The average molecular weight is 356 g/mol. The van der Waals surface area contributed by atoms with Crippen molar-refractivity contribution in [1.82, 2.24) is 0 Å². The van der Waals surface area contributed by atoms with Crippen molar-refractivity contribution in [3.63, 3.8) is 0 Å². The van der Waals surface area contributed by atoms with Gasteiger partial charge < -0.3 is 0 Å². The first-order valence-corrected chi connectivity index (χ1v) is 10.0. The van der Waals surface area contributed by atoms with Crippen LogP contribution in [-0.4, -0.2) is 0 Å². The third-order valence-corrected chi connectivity index (χ3v) is 6.13. The molecule has 7 rings (SSSR count). The maximum Gasteiger partial charge on any atom is -0.00268 e. The van der Waals surface area contributed by atoms with Crippen LogP contribution in [0.5, 0.6) is 0 Å². The van der Waals surface area contributed by atoms with Crippen molar-refractivity contribution in [2.45, 2.75) is 12.8 Å². The largest absolute Gasteiger partial charge is 0.0614 e. The fraction of sp³-hybridized carbons (Fsp3) is 0.0714. The molecule has 0 atom stereocenters. The second kappa shape index (κ2) is 6.07. The molecule has 132 valence electrons. The van der Waals surface area contributed by atoms with Gasteiger partial charge in [-0.3, -0.25) is 0 Å². The summed E-state index contributed by atoms with van der Waals surface area (Å²) in [6.45, 7) is 0. The number of aryl methyl sites for hydroxylation is 2. The Morgan fingerprint density at radius 1 is 0.321 bits per heavy atom. The molecule has 0 aliphatic heterocycles. The molecule has 0 N–H and O–H groups in total. The summed E-state index contributed by atoms with van der Waals surface area (Å²) in [6, 6.07) is 35.1. The zero-order chi connectivity index (χ0) is 18.5. The third-order valence-electron chi connectivity index (χ3n) is 6.13. The highest BCUT2D eigenvalue weighted by Crippen LogP contribution is 2.34. The lowest BCUT2D eigenvalue weighted by atomic mass is 9.95. The summed E-state index contributed by atoms with van der Waals surface area (Å²) >= 11 is 0. The van der Waals surface area contributed by atoms with Gasteiger partial charge in [-0.1, -0.05) is 97.1 Å². The van der Waals surface area contributed by atoms with Crippen molar-refractivity contribution in [2.24, 2.45) is 0 Å². The molecule has 0 aromatic heterocycles. The van der Waals surface area contributed by atoms with E-state index in [1.807, 2.05) is 0 Å². The zero-order valence-corrected chi connectivity index (χ0v) is 15.7. The molecule has 0 heteroatoms. The van der Waals surface area contributed by atoms with Crippen molar-refractivity contribution >= 4 is 43.1 Å².